The minimum Gasteiger partial charge on any atom is -0.478 e. The third-order valence-corrected chi connectivity index (χ3v) is 6.25. The average Bonchev–Trinajstić information content (AvgIpc) is 3.35. The van der Waals surface area contributed by atoms with E-state index >= 15 is 0 Å². The van der Waals surface area contributed by atoms with Crippen molar-refractivity contribution in [2.24, 2.45) is 5.92 Å². The number of carboxylic acid groups (broad SMARTS) is 1. The largest absolute Gasteiger partial charge is 0.478 e. The number of carbonyl (C=O) groups excluding carboxylic acids is 2. The van der Waals surface area contributed by atoms with Crippen LogP contribution in [0.4, 0.5) is 17.1 Å². The summed E-state index contributed by atoms with van der Waals surface area (Å²) in [5.74, 6) is -2.67. The number of hydroxylamine groups is 1. The fourth-order valence-electron chi connectivity index (χ4n) is 4.53. The Kier molecular flexibility index (Phi) is 5.30. The molecule has 0 aromatic heterocycles. The first kappa shape index (κ1) is 21.7. The number of hydrogen-bond acceptors (Lipinski definition) is 6. The predicted octanol–water partition coefficient (Wildman–Crippen LogP) is 3.50. The summed E-state index contributed by atoms with van der Waals surface area (Å²) in [5.41, 5.74) is 3.02. The average molecular weight is 457 g/mol. The number of rotatable bonds is 5. The van der Waals surface area contributed by atoms with Gasteiger partial charge in [-0.1, -0.05) is 30.3 Å². The van der Waals surface area contributed by atoms with Crippen LogP contribution in [0, 0.1) is 5.92 Å². The molecular weight excluding hydrogens is 434 g/mol. The van der Waals surface area contributed by atoms with E-state index in [2.05, 4.69) is 0 Å². The molecule has 2 amide bonds. The Labute approximate surface area is 196 Å². The van der Waals surface area contributed by atoms with Gasteiger partial charge in [-0.15, -0.1) is 0 Å². The first-order chi connectivity index (χ1) is 16.4. The second-order valence-electron chi connectivity index (χ2n) is 8.51. The SMILES string of the molecule is CN(C)c1ccc([C@H]2[C@@H]3C(=O)N(c4ccc(C(=O)O)cc4)C(=O)[C@H]3ON2c2ccccc2)cc1. The molecular formula is C26H23N3O5. The van der Waals surface area contributed by atoms with Crippen LogP contribution in [-0.2, 0) is 14.4 Å². The van der Waals surface area contributed by atoms with Gasteiger partial charge in [-0.2, -0.15) is 0 Å². The maximum absolute atomic E-state index is 13.6. The van der Waals surface area contributed by atoms with Gasteiger partial charge in [0.25, 0.3) is 5.91 Å². The van der Waals surface area contributed by atoms with Crippen molar-refractivity contribution >= 4 is 34.8 Å². The molecule has 0 saturated carbocycles. The molecule has 8 nitrogen and oxygen atoms in total. The van der Waals surface area contributed by atoms with E-state index in [4.69, 9.17) is 9.94 Å². The molecule has 2 fully saturated rings. The minimum atomic E-state index is -1.08. The molecule has 5 rings (SSSR count). The first-order valence-electron chi connectivity index (χ1n) is 10.9. The maximum atomic E-state index is 13.6. The second kappa shape index (κ2) is 8.31. The van der Waals surface area contributed by atoms with Gasteiger partial charge < -0.3 is 10.0 Å². The minimum absolute atomic E-state index is 0.0772. The Morgan fingerprint density at radius 1 is 0.853 bits per heavy atom. The van der Waals surface area contributed by atoms with E-state index in [0.717, 1.165) is 21.8 Å². The van der Waals surface area contributed by atoms with Crippen LogP contribution in [-0.4, -0.2) is 43.1 Å². The van der Waals surface area contributed by atoms with Gasteiger partial charge in [0, 0.05) is 19.8 Å². The van der Waals surface area contributed by atoms with Crippen molar-refractivity contribution < 1.29 is 24.3 Å². The van der Waals surface area contributed by atoms with Crippen molar-refractivity contribution in [1.82, 2.24) is 0 Å². The van der Waals surface area contributed by atoms with Crippen LogP contribution >= 0.6 is 0 Å². The van der Waals surface area contributed by atoms with Crippen LogP contribution < -0.4 is 14.9 Å². The van der Waals surface area contributed by atoms with Gasteiger partial charge in [-0.05, 0) is 54.1 Å². The fourth-order valence-corrected chi connectivity index (χ4v) is 4.53. The summed E-state index contributed by atoms with van der Waals surface area (Å²) in [5, 5.41) is 10.8. The summed E-state index contributed by atoms with van der Waals surface area (Å²) < 4.78 is 0. The Bertz CT molecular complexity index is 1240. The number of benzene rings is 3. The van der Waals surface area contributed by atoms with Crippen LogP contribution in [0.5, 0.6) is 0 Å². The summed E-state index contributed by atoms with van der Waals surface area (Å²) in [6, 6.07) is 22.4. The van der Waals surface area contributed by atoms with Crippen LogP contribution in [0.1, 0.15) is 22.0 Å². The Morgan fingerprint density at radius 3 is 2.09 bits per heavy atom. The van der Waals surface area contributed by atoms with Crippen molar-refractivity contribution in [3.05, 3.63) is 90.0 Å². The third-order valence-electron chi connectivity index (χ3n) is 6.25. The third kappa shape index (κ3) is 3.48. The molecule has 1 N–H and O–H groups in total. The van der Waals surface area contributed by atoms with Crippen LogP contribution in [0.25, 0.3) is 0 Å². The molecule has 0 aliphatic carbocycles. The highest BCUT2D eigenvalue weighted by Gasteiger charge is 2.60. The molecule has 3 atom stereocenters. The Hall–Kier alpha value is -4.17. The number of imide groups is 1. The van der Waals surface area contributed by atoms with E-state index in [1.165, 1.54) is 24.3 Å². The molecule has 172 valence electrons. The standard InChI is InChI=1S/C26H23N3O5/c1-27(2)18-12-8-16(9-13-18)22-21-23(34-29(22)20-6-4-3-5-7-20)25(31)28(24(21)30)19-14-10-17(11-15-19)26(32)33/h3-15,21-23H,1-2H3,(H,32,33)/t21-,22-,23-/m0/s1. The van der Waals surface area contributed by atoms with Gasteiger partial charge >= 0.3 is 5.97 Å². The monoisotopic (exact) mass is 457 g/mol. The Balaban J connectivity index is 1.54. The van der Waals surface area contributed by atoms with E-state index in [0.29, 0.717) is 5.69 Å². The highest BCUT2D eigenvalue weighted by molar-refractivity contribution is 6.24. The number of fused-ring (bicyclic) bond motifs is 1. The van der Waals surface area contributed by atoms with Gasteiger partial charge in [0.05, 0.1) is 23.0 Å². The van der Waals surface area contributed by atoms with Crippen molar-refractivity contribution in [3.63, 3.8) is 0 Å². The number of carboxylic acids is 1. The van der Waals surface area contributed by atoms with Crippen molar-refractivity contribution in [1.29, 1.82) is 0 Å². The highest BCUT2D eigenvalue weighted by atomic mass is 16.7. The number of aromatic carboxylic acids is 1. The number of hydrogen-bond donors (Lipinski definition) is 1. The number of nitrogens with zero attached hydrogens (tertiary/aromatic N) is 3. The lowest BCUT2D eigenvalue weighted by Gasteiger charge is -2.29. The normalized spacial score (nSPS) is 21.6. The van der Waals surface area contributed by atoms with Crippen LogP contribution in [0.2, 0.25) is 0 Å². The second-order valence-corrected chi connectivity index (χ2v) is 8.51. The van der Waals surface area contributed by atoms with E-state index in [1.54, 1.807) is 5.06 Å². The molecule has 2 saturated heterocycles. The number of carbonyl (C=O) groups is 3. The Morgan fingerprint density at radius 2 is 1.50 bits per heavy atom. The molecule has 0 spiro atoms. The molecule has 3 aromatic rings. The topological polar surface area (TPSA) is 90.4 Å². The molecule has 0 radical (unpaired) electrons. The fraction of sp³-hybridized carbons (Fsp3) is 0.192. The zero-order chi connectivity index (χ0) is 24.0. The molecule has 2 aliphatic heterocycles. The summed E-state index contributed by atoms with van der Waals surface area (Å²) in [6.45, 7) is 0. The number of amides is 2. The lowest BCUT2D eigenvalue weighted by atomic mass is 9.90. The zero-order valence-electron chi connectivity index (χ0n) is 18.7. The van der Waals surface area contributed by atoms with Gasteiger partial charge in [0.15, 0.2) is 6.10 Å². The molecule has 3 aromatic carbocycles. The van der Waals surface area contributed by atoms with Gasteiger partial charge in [0.1, 0.15) is 5.92 Å². The smallest absolute Gasteiger partial charge is 0.335 e. The maximum Gasteiger partial charge on any atom is 0.335 e. The van der Waals surface area contributed by atoms with Crippen LogP contribution in [0.15, 0.2) is 78.9 Å². The molecule has 2 aliphatic rings. The van der Waals surface area contributed by atoms with Gasteiger partial charge in [0.2, 0.25) is 5.91 Å². The highest BCUT2D eigenvalue weighted by Crippen LogP contribution is 2.47. The molecule has 0 bridgehead atoms. The summed E-state index contributed by atoms with van der Waals surface area (Å²) in [6.07, 6.45) is -0.981. The van der Waals surface area contributed by atoms with Crippen LogP contribution in [0.3, 0.4) is 0 Å². The summed E-state index contributed by atoms with van der Waals surface area (Å²) in [4.78, 5) is 47.4. The molecule has 2 heterocycles. The molecule has 34 heavy (non-hydrogen) atoms. The van der Waals surface area contributed by atoms with E-state index < -0.39 is 29.9 Å². The first-order valence-corrected chi connectivity index (χ1v) is 10.9. The van der Waals surface area contributed by atoms with Gasteiger partial charge in [-0.25, -0.2) is 14.8 Å². The lowest BCUT2D eigenvalue weighted by Crippen LogP contribution is -2.37. The molecule has 8 heteroatoms. The van der Waals surface area contributed by atoms with Gasteiger partial charge in [-0.3, -0.25) is 14.4 Å². The summed E-state index contributed by atoms with van der Waals surface area (Å²) >= 11 is 0. The quantitative estimate of drug-likeness (QED) is 0.587. The van der Waals surface area contributed by atoms with E-state index in [-0.39, 0.29) is 11.5 Å². The molecule has 0 unspecified atom stereocenters. The predicted molar refractivity (Wildman–Crippen MR) is 127 cm³/mol. The van der Waals surface area contributed by atoms with Crippen molar-refractivity contribution in [2.75, 3.05) is 29.0 Å². The zero-order valence-corrected chi connectivity index (χ0v) is 18.7. The van der Waals surface area contributed by atoms with E-state index in [1.807, 2.05) is 73.6 Å². The van der Waals surface area contributed by atoms with Crippen molar-refractivity contribution in [3.8, 4) is 0 Å². The number of anilines is 3. The van der Waals surface area contributed by atoms with E-state index in [9.17, 15) is 14.4 Å². The lowest BCUT2D eigenvalue weighted by molar-refractivity contribution is -0.126. The summed E-state index contributed by atoms with van der Waals surface area (Å²) in [7, 11) is 3.90. The van der Waals surface area contributed by atoms with Crippen molar-refractivity contribution in [2.45, 2.75) is 12.1 Å². The number of para-hydroxylation sites is 1.